The molecule has 0 aliphatic carbocycles. The molecule has 4 nitrogen and oxygen atoms in total. The molecule has 4 heteroatoms. The van der Waals surface area contributed by atoms with Gasteiger partial charge in [-0.1, -0.05) is 12.2 Å². The van der Waals surface area contributed by atoms with Crippen LogP contribution in [0.15, 0.2) is 12.2 Å². The van der Waals surface area contributed by atoms with Crippen molar-refractivity contribution in [3.05, 3.63) is 12.2 Å². The zero-order valence-electron chi connectivity index (χ0n) is 6.81. The average Bonchev–Trinajstić information content (AvgIpc) is 2.10. The lowest BCUT2D eigenvalue weighted by Crippen LogP contribution is -2.09. The third-order valence-electron chi connectivity index (χ3n) is 1.36. The Balaban J connectivity index is 3.49. The lowest BCUT2D eigenvalue weighted by Gasteiger charge is -2.02. The fourth-order valence-electron chi connectivity index (χ4n) is 0.702. The fraction of sp³-hybridized carbons (Fsp3) is 0.625. The topological polar surface area (TPSA) is 77.8 Å². The molecule has 0 aromatic carbocycles. The first-order valence-electron chi connectivity index (χ1n) is 3.79. The first kappa shape index (κ1) is 11.3. The molecular formula is C8H14O4. The molecule has 0 bridgehead atoms. The molecule has 70 valence electrons. The maximum atomic E-state index is 10.6. The average molecular weight is 174 g/mol. The van der Waals surface area contributed by atoms with Crippen LogP contribution in [-0.2, 0) is 4.79 Å². The van der Waals surface area contributed by atoms with Crippen LogP contribution < -0.4 is 0 Å². The number of hydrogen-bond acceptors (Lipinski definition) is 4. The largest absolute Gasteiger partial charge is 0.392 e. The van der Waals surface area contributed by atoms with Crippen LogP contribution in [0.4, 0.5) is 0 Å². The number of aliphatic hydroxyl groups is 3. The molecule has 0 saturated carbocycles. The van der Waals surface area contributed by atoms with Gasteiger partial charge < -0.3 is 15.3 Å². The Morgan fingerprint density at radius 1 is 1.42 bits per heavy atom. The van der Waals surface area contributed by atoms with E-state index in [4.69, 9.17) is 15.3 Å². The molecule has 0 aromatic heterocycles. The summed E-state index contributed by atoms with van der Waals surface area (Å²) in [6.45, 7) is -0.596. The molecular weight excluding hydrogens is 160 g/mol. The van der Waals surface area contributed by atoms with Gasteiger partial charge in [0.25, 0.3) is 0 Å². The van der Waals surface area contributed by atoms with E-state index in [0.29, 0.717) is 0 Å². The summed E-state index contributed by atoms with van der Waals surface area (Å²) < 4.78 is 0. The molecule has 1 unspecified atom stereocenters. The highest BCUT2D eigenvalue weighted by Crippen LogP contribution is 1.98. The van der Waals surface area contributed by atoms with E-state index in [2.05, 4.69) is 0 Å². The van der Waals surface area contributed by atoms with Crippen molar-refractivity contribution in [3.63, 3.8) is 0 Å². The molecule has 0 aromatic rings. The molecule has 0 aliphatic rings. The number of carbonyl (C=O) groups is 1. The van der Waals surface area contributed by atoms with E-state index in [9.17, 15) is 4.79 Å². The maximum Gasteiger partial charge on any atom is 0.158 e. The molecule has 0 rings (SSSR count). The normalized spacial score (nSPS) is 13.6. The van der Waals surface area contributed by atoms with Crippen molar-refractivity contribution < 1.29 is 20.1 Å². The van der Waals surface area contributed by atoms with Gasteiger partial charge in [0.1, 0.15) is 6.61 Å². The van der Waals surface area contributed by atoms with Gasteiger partial charge in [0, 0.05) is 6.42 Å². The van der Waals surface area contributed by atoms with Gasteiger partial charge in [-0.3, -0.25) is 4.79 Å². The molecule has 0 spiro atoms. The summed E-state index contributed by atoms with van der Waals surface area (Å²) in [5.74, 6) is -0.286. The Morgan fingerprint density at radius 3 is 2.58 bits per heavy atom. The van der Waals surface area contributed by atoms with Crippen molar-refractivity contribution in [2.45, 2.75) is 18.9 Å². The van der Waals surface area contributed by atoms with Gasteiger partial charge in [-0.05, 0) is 6.42 Å². The van der Waals surface area contributed by atoms with Crippen molar-refractivity contribution in [2.24, 2.45) is 0 Å². The minimum Gasteiger partial charge on any atom is -0.392 e. The molecule has 0 fully saturated rings. The summed E-state index contributed by atoms with van der Waals surface area (Å²) in [4.78, 5) is 10.6. The van der Waals surface area contributed by atoms with Crippen LogP contribution in [0.5, 0.6) is 0 Å². The monoisotopic (exact) mass is 174 g/mol. The number of carbonyl (C=O) groups excluding carboxylic acids is 1. The van der Waals surface area contributed by atoms with Crippen LogP contribution in [0.1, 0.15) is 12.8 Å². The summed E-state index contributed by atoms with van der Waals surface area (Å²) in [5.41, 5.74) is 0. The van der Waals surface area contributed by atoms with Gasteiger partial charge in [0.2, 0.25) is 0 Å². The molecule has 0 aliphatic heterocycles. The zero-order valence-corrected chi connectivity index (χ0v) is 6.81. The Kier molecular flexibility index (Phi) is 6.55. The predicted octanol–water partition coefficient (Wildman–Crippen LogP) is -0.763. The summed E-state index contributed by atoms with van der Waals surface area (Å²) in [5, 5.41) is 25.8. The number of ketones is 1. The summed E-state index contributed by atoms with van der Waals surface area (Å²) in [6.07, 6.45) is 2.56. The van der Waals surface area contributed by atoms with E-state index in [1.165, 1.54) is 12.2 Å². The Hall–Kier alpha value is -0.710. The first-order valence-corrected chi connectivity index (χ1v) is 3.79. The summed E-state index contributed by atoms with van der Waals surface area (Å²) >= 11 is 0. The van der Waals surface area contributed by atoms with E-state index < -0.39 is 12.7 Å². The predicted molar refractivity (Wildman–Crippen MR) is 43.6 cm³/mol. The molecule has 3 N–H and O–H groups in total. The van der Waals surface area contributed by atoms with Gasteiger partial charge in [-0.25, -0.2) is 0 Å². The van der Waals surface area contributed by atoms with Crippen LogP contribution in [0.25, 0.3) is 0 Å². The zero-order chi connectivity index (χ0) is 9.40. The van der Waals surface area contributed by atoms with Crippen LogP contribution >= 0.6 is 0 Å². The van der Waals surface area contributed by atoms with Gasteiger partial charge in [0.15, 0.2) is 5.78 Å². The van der Waals surface area contributed by atoms with Gasteiger partial charge in [-0.15, -0.1) is 0 Å². The fourth-order valence-corrected chi connectivity index (χ4v) is 0.702. The summed E-state index contributed by atoms with van der Waals surface area (Å²) in [7, 11) is 0. The highest BCUT2D eigenvalue weighted by atomic mass is 16.3. The van der Waals surface area contributed by atoms with E-state index >= 15 is 0 Å². The quantitative estimate of drug-likeness (QED) is 0.462. The number of aliphatic hydroxyl groups excluding tert-OH is 3. The molecule has 1 atom stereocenters. The molecule has 0 radical (unpaired) electrons. The second-order valence-electron chi connectivity index (χ2n) is 2.41. The lowest BCUT2D eigenvalue weighted by atomic mass is 10.1. The SMILES string of the molecule is O=C(CO)CCC(O)C=CCO. The smallest absolute Gasteiger partial charge is 0.158 e. The molecule has 0 saturated heterocycles. The third-order valence-corrected chi connectivity index (χ3v) is 1.36. The molecule has 0 amide bonds. The lowest BCUT2D eigenvalue weighted by molar-refractivity contribution is -0.122. The second-order valence-corrected chi connectivity index (χ2v) is 2.41. The number of hydrogen-bond donors (Lipinski definition) is 3. The van der Waals surface area contributed by atoms with Crippen molar-refractivity contribution >= 4 is 5.78 Å². The minimum atomic E-state index is -0.715. The van der Waals surface area contributed by atoms with Crippen molar-refractivity contribution in [1.82, 2.24) is 0 Å². The summed E-state index contributed by atoms with van der Waals surface area (Å²) in [6, 6.07) is 0. The van der Waals surface area contributed by atoms with Crippen LogP contribution in [0, 0.1) is 0 Å². The maximum absolute atomic E-state index is 10.6. The van der Waals surface area contributed by atoms with Crippen LogP contribution in [0.3, 0.4) is 0 Å². The number of rotatable bonds is 6. The van der Waals surface area contributed by atoms with Gasteiger partial charge in [-0.2, -0.15) is 0 Å². The standard InChI is InChI=1S/C8H14O4/c9-5-1-2-7(11)3-4-8(12)6-10/h1-2,7,9-11H,3-6H2. The Morgan fingerprint density at radius 2 is 2.08 bits per heavy atom. The van der Waals surface area contributed by atoms with Crippen molar-refractivity contribution in [3.8, 4) is 0 Å². The first-order chi connectivity index (χ1) is 5.70. The highest BCUT2D eigenvalue weighted by molar-refractivity contribution is 5.79. The number of Topliss-reactive ketones (excluding diaryl/α,β-unsaturated/α-hetero) is 1. The van der Waals surface area contributed by atoms with E-state index in [1.54, 1.807) is 0 Å². The Bertz CT molecular complexity index is 153. The van der Waals surface area contributed by atoms with Crippen molar-refractivity contribution in [2.75, 3.05) is 13.2 Å². The van der Waals surface area contributed by atoms with E-state index in [1.807, 2.05) is 0 Å². The van der Waals surface area contributed by atoms with Gasteiger partial charge in [0.05, 0.1) is 12.7 Å². The highest BCUT2D eigenvalue weighted by Gasteiger charge is 2.03. The minimum absolute atomic E-state index is 0.120. The van der Waals surface area contributed by atoms with Crippen molar-refractivity contribution in [1.29, 1.82) is 0 Å². The van der Waals surface area contributed by atoms with E-state index in [-0.39, 0.29) is 25.2 Å². The van der Waals surface area contributed by atoms with E-state index in [0.717, 1.165) is 0 Å². The Labute approximate surface area is 71.1 Å². The molecule has 0 heterocycles. The third kappa shape index (κ3) is 6.03. The van der Waals surface area contributed by atoms with Gasteiger partial charge >= 0.3 is 0 Å². The molecule has 12 heavy (non-hydrogen) atoms. The van der Waals surface area contributed by atoms with Crippen LogP contribution in [0.2, 0.25) is 0 Å². The second kappa shape index (κ2) is 6.97. The van der Waals surface area contributed by atoms with Crippen LogP contribution in [-0.4, -0.2) is 40.4 Å².